The number of rotatable bonds is 3. The molecule has 1 amide bonds. The van der Waals surface area contributed by atoms with Gasteiger partial charge in [0.1, 0.15) is 5.52 Å². The van der Waals surface area contributed by atoms with Gasteiger partial charge in [0.05, 0.1) is 11.3 Å². The molecule has 4 heterocycles. The fraction of sp³-hybridized carbons (Fsp3) is 0.429. The van der Waals surface area contributed by atoms with Crippen molar-refractivity contribution >= 4 is 23.0 Å². The van der Waals surface area contributed by atoms with Crippen molar-refractivity contribution in [3.63, 3.8) is 0 Å². The van der Waals surface area contributed by atoms with E-state index < -0.39 is 0 Å². The molecule has 8 nitrogen and oxygen atoms in total. The molecule has 0 bridgehead atoms. The smallest absolute Gasteiger partial charge is 0.254 e. The number of hydrogen-bond acceptors (Lipinski definition) is 7. The Morgan fingerprint density at radius 3 is 2.83 bits per heavy atom. The lowest BCUT2D eigenvalue weighted by Gasteiger charge is -2.38. The normalized spacial score (nSPS) is 18.6. The lowest BCUT2D eigenvalue weighted by molar-refractivity contribution is 0.0944. The molecule has 1 unspecified atom stereocenters. The van der Waals surface area contributed by atoms with E-state index in [1.165, 1.54) is 5.56 Å². The van der Waals surface area contributed by atoms with Crippen LogP contribution in [-0.4, -0.2) is 58.5 Å². The van der Waals surface area contributed by atoms with Crippen LogP contribution in [0.5, 0.6) is 0 Å². The Kier molecular flexibility index (Phi) is 4.43. The number of aryl methyl sites for hydroxylation is 1. The van der Waals surface area contributed by atoms with Crippen LogP contribution in [0.4, 0.5) is 5.95 Å². The van der Waals surface area contributed by atoms with Gasteiger partial charge < -0.3 is 14.6 Å². The van der Waals surface area contributed by atoms with Crippen molar-refractivity contribution < 1.29 is 9.21 Å². The monoisotopic (exact) mass is 392 g/mol. The van der Waals surface area contributed by atoms with Gasteiger partial charge in [-0.15, -0.1) is 0 Å². The molecule has 0 saturated carbocycles. The van der Waals surface area contributed by atoms with E-state index >= 15 is 0 Å². The largest absolute Gasteiger partial charge is 0.441 e. The lowest BCUT2D eigenvalue weighted by atomic mass is 10.1. The first kappa shape index (κ1) is 18.1. The molecule has 29 heavy (non-hydrogen) atoms. The zero-order valence-corrected chi connectivity index (χ0v) is 16.7. The third-order valence-electron chi connectivity index (χ3n) is 5.89. The van der Waals surface area contributed by atoms with Crippen LogP contribution in [0.3, 0.4) is 0 Å². The lowest BCUT2D eigenvalue weighted by Crippen LogP contribution is -2.48. The number of amides is 1. The highest BCUT2D eigenvalue weighted by Crippen LogP contribution is 2.26. The second-order valence-electron chi connectivity index (χ2n) is 7.70. The number of fused-ring (bicyclic) bond motifs is 2. The summed E-state index contributed by atoms with van der Waals surface area (Å²) in [4.78, 5) is 30.1. The number of piperazine rings is 1. The van der Waals surface area contributed by atoms with Crippen molar-refractivity contribution in [1.82, 2.24) is 25.2 Å². The van der Waals surface area contributed by atoms with Crippen molar-refractivity contribution in [3.8, 4) is 0 Å². The highest BCUT2D eigenvalue weighted by atomic mass is 16.3. The zero-order valence-electron chi connectivity index (χ0n) is 16.7. The summed E-state index contributed by atoms with van der Waals surface area (Å²) in [5.41, 5.74) is 4.45. The minimum absolute atomic E-state index is 0.0734. The van der Waals surface area contributed by atoms with E-state index in [4.69, 9.17) is 4.42 Å². The third-order valence-corrected chi connectivity index (χ3v) is 5.89. The Morgan fingerprint density at radius 1 is 1.17 bits per heavy atom. The van der Waals surface area contributed by atoms with Crippen LogP contribution >= 0.6 is 0 Å². The van der Waals surface area contributed by atoms with Gasteiger partial charge in [0, 0.05) is 58.3 Å². The summed E-state index contributed by atoms with van der Waals surface area (Å²) >= 11 is 0. The van der Waals surface area contributed by atoms with Crippen LogP contribution in [0.25, 0.3) is 11.1 Å². The Balaban J connectivity index is 1.27. The quantitative estimate of drug-likeness (QED) is 0.730. The minimum Gasteiger partial charge on any atom is -0.441 e. The summed E-state index contributed by atoms with van der Waals surface area (Å²) in [7, 11) is 0. The molecule has 8 heteroatoms. The zero-order chi connectivity index (χ0) is 20.0. The fourth-order valence-electron chi connectivity index (χ4n) is 4.17. The number of carbonyl (C=O) groups is 1. The molecule has 2 aliphatic heterocycles. The van der Waals surface area contributed by atoms with Gasteiger partial charge in [-0.3, -0.25) is 9.69 Å². The van der Waals surface area contributed by atoms with E-state index in [-0.39, 0.29) is 5.91 Å². The molecule has 0 spiro atoms. The number of anilines is 1. The Labute approximate surface area is 168 Å². The van der Waals surface area contributed by atoms with E-state index in [1.54, 1.807) is 6.20 Å². The molecule has 3 aromatic rings. The third kappa shape index (κ3) is 3.33. The van der Waals surface area contributed by atoms with Gasteiger partial charge in [0.15, 0.2) is 11.5 Å². The van der Waals surface area contributed by atoms with Crippen molar-refractivity contribution in [3.05, 3.63) is 47.1 Å². The Hall–Kier alpha value is -3.00. The van der Waals surface area contributed by atoms with Gasteiger partial charge >= 0.3 is 0 Å². The summed E-state index contributed by atoms with van der Waals surface area (Å²) in [6.45, 7) is 8.33. The number of hydrogen-bond donors (Lipinski definition) is 1. The van der Waals surface area contributed by atoms with E-state index in [9.17, 15) is 4.79 Å². The van der Waals surface area contributed by atoms with Crippen molar-refractivity contribution in [1.29, 1.82) is 0 Å². The van der Waals surface area contributed by atoms with Gasteiger partial charge in [-0.25, -0.2) is 15.0 Å². The first-order valence-corrected chi connectivity index (χ1v) is 10.1. The minimum atomic E-state index is -0.0734. The highest BCUT2D eigenvalue weighted by molar-refractivity contribution is 5.96. The SMILES string of the molecule is Cc1nc2cc(C(C)N3CCN(c4ncc5c(n4)CCNC5=O)CC3)ccc2o1. The van der Waals surface area contributed by atoms with Crippen LogP contribution in [-0.2, 0) is 6.42 Å². The maximum Gasteiger partial charge on any atom is 0.254 e. The molecule has 5 rings (SSSR count). The molecule has 2 aromatic heterocycles. The van der Waals surface area contributed by atoms with E-state index in [1.807, 2.05) is 13.0 Å². The van der Waals surface area contributed by atoms with Crippen LogP contribution in [0, 0.1) is 6.92 Å². The van der Waals surface area contributed by atoms with Gasteiger partial charge in [0.25, 0.3) is 5.91 Å². The topological polar surface area (TPSA) is 87.4 Å². The number of oxazole rings is 1. The molecule has 1 atom stereocenters. The van der Waals surface area contributed by atoms with Gasteiger partial charge in [-0.1, -0.05) is 6.07 Å². The van der Waals surface area contributed by atoms with E-state index in [0.29, 0.717) is 24.0 Å². The standard InChI is InChI=1S/C21H24N6O2/c1-13(15-3-4-19-18(11-15)24-14(2)29-19)26-7-9-27(10-8-26)21-23-12-16-17(25-21)5-6-22-20(16)28/h3-4,11-13H,5-10H2,1-2H3,(H,22,28). The molecule has 0 aliphatic carbocycles. The van der Waals surface area contributed by atoms with Crippen LogP contribution < -0.4 is 10.2 Å². The highest BCUT2D eigenvalue weighted by Gasteiger charge is 2.26. The average molecular weight is 392 g/mol. The predicted molar refractivity (Wildman–Crippen MR) is 109 cm³/mol. The van der Waals surface area contributed by atoms with Gasteiger partial charge in [0.2, 0.25) is 5.95 Å². The predicted octanol–water partition coefficient (Wildman–Crippen LogP) is 2.10. The number of nitrogens with one attached hydrogen (secondary N) is 1. The van der Waals surface area contributed by atoms with Crippen molar-refractivity contribution in [2.24, 2.45) is 0 Å². The summed E-state index contributed by atoms with van der Waals surface area (Å²) < 4.78 is 5.59. The van der Waals surface area contributed by atoms with Gasteiger partial charge in [-0.05, 0) is 24.6 Å². The number of carbonyl (C=O) groups excluding carboxylic acids is 1. The number of aromatic nitrogens is 3. The second-order valence-corrected chi connectivity index (χ2v) is 7.70. The Morgan fingerprint density at radius 2 is 2.00 bits per heavy atom. The maximum atomic E-state index is 11.9. The Bertz CT molecular complexity index is 1070. The maximum absolute atomic E-state index is 11.9. The van der Waals surface area contributed by atoms with E-state index in [0.717, 1.165) is 55.3 Å². The summed E-state index contributed by atoms with van der Waals surface area (Å²) in [5, 5.41) is 2.83. The molecule has 1 saturated heterocycles. The fourth-order valence-corrected chi connectivity index (χ4v) is 4.17. The first-order valence-electron chi connectivity index (χ1n) is 10.1. The summed E-state index contributed by atoms with van der Waals surface area (Å²) in [6, 6.07) is 6.56. The molecule has 150 valence electrons. The second kappa shape index (κ2) is 7.11. The summed E-state index contributed by atoms with van der Waals surface area (Å²) in [5.74, 6) is 1.35. The van der Waals surface area contributed by atoms with Crippen LogP contribution in [0.2, 0.25) is 0 Å². The molecule has 1 aromatic carbocycles. The molecule has 2 aliphatic rings. The van der Waals surface area contributed by atoms with E-state index in [2.05, 4.69) is 49.1 Å². The number of benzene rings is 1. The van der Waals surface area contributed by atoms with Gasteiger partial charge in [-0.2, -0.15) is 0 Å². The molecular weight excluding hydrogens is 368 g/mol. The summed E-state index contributed by atoms with van der Waals surface area (Å²) in [6.07, 6.45) is 2.42. The molecular formula is C21H24N6O2. The average Bonchev–Trinajstić information content (AvgIpc) is 3.12. The van der Waals surface area contributed by atoms with Crippen LogP contribution in [0.1, 0.15) is 40.5 Å². The molecule has 1 N–H and O–H groups in total. The van der Waals surface area contributed by atoms with Crippen LogP contribution in [0.15, 0.2) is 28.8 Å². The molecule has 1 fully saturated rings. The van der Waals surface area contributed by atoms with Crippen molar-refractivity contribution in [2.45, 2.75) is 26.3 Å². The first-order chi connectivity index (χ1) is 14.1. The van der Waals surface area contributed by atoms with Crippen molar-refractivity contribution in [2.75, 3.05) is 37.6 Å². The molecule has 0 radical (unpaired) electrons. The number of nitrogens with zero attached hydrogens (tertiary/aromatic N) is 5.